The molecule has 5 nitrogen and oxygen atoms in total. The lowest BCUT2D eigenvalue weighted by Crippen LogP contribution is -2.36. The molecule has 90 valence electrons. The van der Waals surface area contributed by atoms with Gasteiger partial charge in [0.05, 0.1) is 6.42 Å². The summed E-state index contributed by atoms with van der Waals surface area (Å²) in [6.45, 7) is 3.52. The number of benzene rings is 1. The molecule has 0 radical (unpaired) electrons. The molecule has 0 unspecified atom stereocenters. The zero-order valence-electron chi connectivity index (χ0n) is 9.48. The van der Waals surface area contributed by atoms with Crippen LogP contribution in [-0.2, 0) is 0 Å². The second-order valence-corrected chi connectivity index (χ2v) is 4.60. The Kier molecular flexibility index (Phi) is 2.34. The first-order chi connectivity index (χ1) is 7.82. The number of fused-ring (bicyclic) bond motifs is 1. The van der Waals surface area contributed by atoms with E-state index in [0.717, 1.165) is 0 Å². The molecule has 0 saturated carbocycles. The van der Waals surface area contributed by atoms with E-state index in [-0.39, 0.29) is 29.1 Å². The number of phenols is 1. The van der Waals surface area contributed by atoms with E-state index in [4.69, 9.17) is 9.84 Å². The second kappa shape index (κ2) is 3.48. The fourth-order valence-corrected chi connectivity index (χ4v) is 1.91. The minimum Gasteiger partial charge on any atom is -0.506 e. The van der Waals surface area contributed by atoms with Gasteiger partial charge >= 0.3 is 5.97 Å². The van der Waals surface area contributed by atoms with Gasteiger partial charge in [-0.3, -0.25) is 4.79 Å². The average molecular weight is 236 g/mol. The van der Waals surface area contributed by atoms with E-state index in [1.807, 2.05) is 0 Å². The number of carbonyl (C=O) groups excluding carboxylic acids is 1. The molecule has 1 aromatic rings. The predicted octanol–water partition coefficient (Wildman–Crippen LogP) is 1.83. The SMILES string of the molecule is CC1(C)CC(=O)c2c(ccc(C(=O)O)c2O)O1. The maximum Gasteiger partial charge on any atom is 0.339 e. The fourth-order valence-electron chi connectivity index (χ4n) is 1.91. The number of hydrogen-bond acceptors (Lipinski definition) is 4. The monoisotopic (exact) mass is 236 g/mol. The lowest BCUT2D eigenvalue weighted by atomic mass is 9.91. The number of Topliss-reactive ketones (excluding diaryl/α,β-unsaturated/α-hetero) is 1. The topological polar surface area (TPSA) is 83.8 Å². The Morgan fingerprint density at radius 3 is 2.65 bits per heavy atom. The van der Waals surface area contributed by atoms with E-state index in [0.29, 0.717) is 0 Å². The molecule has 0 saturated heterocycles. The van der Waals surface area contributed by atoms with Crippen LogP contribution < -0.4 is 4.74 Å². The van der Waals surface area contributed by atoms with Crippen LogP contribution in [0.25, 0.3) is 0 Å². The maximum atomic E-state index is 11.9. The van der Waals surface area contributed by atoms with Gasteiger partial charge in [-0.1, -0.05) is 0 Å². The van der Waals surface area contributed by atoms with Crippen molar-refractivity contribution in [1.82, 2.24) is 0 Å². The van der Waals surface area contributed by atoms with Crippen molar-refractivity contribution in [2.24, 2.45) is 0 Å². The first-order valence-electron chi connectivity index (χ1n) is 5.13. The molecule has 0 amide bonds. The van der Waals surface area contributed by atoms with Crippen LogP contribution in [0.3, 0.4) is 0 Å². The summed E-state index contributed by atoms with van der Waals surface area (Å²) in [4.78, 5) is 22.7. The van der Waals surface area contributed by atoms with Gasteiger partial charge < -0.3 is 14.9 Å². The Bertz CT molecular complexity index is 516. The van der Waals surface area contributed by atoms with Crippen molar-refractivity contribution in [3.63, 3.8) is 0 Å². The highest BCUT2D eigenvalue weighted by atomic mass is 16.5. The zero-order valence-corrected chi connectivity index (χ0v) is 9.48. The number of rotatable bonds is 1. The minimum absolute atomic E-state index is 0.0378. The number of carbonyl (C=O) groups is 2. The standard InChI is InChI=1S/C12H12O5/c1-12(2)5-7(13)9-8(17-12)4-3-6(10(9)14)11(15)16/h3-4,14H,5H2,1-2H3,(H,15,16). The summed E-state index contributed by atoms with van der Waals surface area (Å²) in [5.74, 6) is -1.87. The summed E-state index contributed by atoms with van der Waals surface area (Å²) >= 11 is 0. The summed E-state index contributed by atoms with van der Waals surface area (Å²) in [5.41, 5.74) is -0.967. The quantitative estimate of drug-likeness (QED) is 0.777. The van der Waals surface area contributed by atoms with Crippen LogP contribution in [0.4, 0.5) is 0 Å². The van der Waals surface area contributed by atoms with Gasteiger partial charge in [-0.05, 0) is 26.0 Å². The first-order valence-corrected chi connectivity index (χ1v) is 5.13. The van der Waals surface area contributed by atoms with Crippen molar-refractivity contribution in [3.8, 4) is 11.5 Å². The third-order valence-electron chi connectivity index (χ3n) is 2.62. The maximum absolute atomic E-state index is 11.9. The molecule has 1 heterocycles. The van der Waals surface area contributed by atoms with E-state index in [1.165, 1.54) is 12.1 Å². The highest BCUT2D eigenvalue weighted by Gasteiger charge is 2.35. The summed E-state index contributed by atoms with van der Waals surface area (Å²) in [6.07, 6.45) is 0.108. The summed E-state index contributed by atoms with van der Waals surface area (Å²) in [6, 6.07) is 2.63. The van der Waals surface area contributed by atoms with Crippen LogP contribution in [0.15, 0.2) is 12.1 Å². The highest BCUT2D eigenvalue weighted by Crippen LogP contribution is 2.39. The number of ether oxygens (including phenoxy) is 1. The predicted molar refractivity (Wildman–Crippen MR) is 58.7 cm³/mol. The first kappa shape index (κ1) is 11.4. The smallest absolute Gasteiger partial charge is 0.339 e. The van der Waals surface area contributed by atoms with Crippen molar-refractivity contribution in [2.75, 3.05) is 0 Å². The number of carboxylic acids is 1. The van der Waals surface area contributed by atoms with E-state index in [2.05, 4.69) is 0 Å². The molecule has 17 heavy (non-hydrogen) atoms. The van der Waals surface area contributed by atoms with Gasteiger partial charge in [0.15, 0.2) is 5.78 Å². The third kappa shape index (κ3) is 1.84. The zero-order chi connectivity index (χ0) is 12.8. The van der Waals surface area contributed by atoms with Crippen molar-refractivity contribution in [1.29, 1.82) is 0 Å². The average Bonchev–Trinajstić information content (AvgIpc) is 2.13. The van der Waals surface area contributed by atoms with Gasteiger partial charge in [0, 0.05) is 0 Å². The molecule has 0 fully saturated rings. The molecule has 0 atom stereocenters. The molecule has 1 aliphatic rings. The van der Waals surface area contributed by atoms with Gasteiger partial charge in [-0.15, -0.1) is 0 Å². The van der Waals surface area contributed by atoms with E-state index >= 15 is 0 Å². The van der Waals surface area contributed by atoms with Crippen molar-refractivity contribution >= 4 is 11.8 Å². The second-order valence-electron chi connectivity index (χ2n) is 4.60. The fraction of sp³-hybridized carbons (Fsp3) is 0.333. The van der Waals surface area contributed by atoms with Crippen molar-refractivity contribution in [3.05, 3.63) is 23.3 Å². The molecule has 5 heteroatoms. The van der Waals surface area contributed by atoms with E-state index in [9.17, 15) is 14.7 Å². The molecule has 0 aromatic heterocycles. The highest BCUT2D eigenvalue weighted by molar-refractivity contribution is 6.06. The Balaban J connectivity index is 2.61. The Labute approximate surface area is 97.6 Å². The number of hydrogen-bond donors (Lipinski definition) is 2. The molecule has 0 spiro atoms. The molecular weight excluding hydrogens is 224 g/mol. The van der Waals surface area contributed by atoms with Crippen LogP contribution in [0, 0.1) is 0 Å². The van der Waals surface area contributed by atoms with E-state index in [1.54, 1.807) is 13.8 Å². The molecule has 0 aliphatic carbocycles. The van der Waals surface area contributed by atoms with Crippen molar-refractivity contribution in [2.45, 2.75) is 25.9 Å². The van der Waals surface area contributed by atoms with Gasteiger partial charge in [0.1, 0.15) is 28.2 Å². The van der Waals surface area contributed by atoms with Crippen LogP contribution in [0.2, 0.25) is 0 Å². The summed E-state index contributed by atoms with van der Waals surface area (Å²) < 4.78 is 5.53. The molecule has 1 aromatic carbocycles. The van der Waals surface area contributed by atoms with Crippen LogP contribution in [-0.4, -0.2) is 27.6 Å². The molecule has 0 bridgehead atoms. The third-order valence-corrected chi connectivity index (χ3v) is 2.62. The minimum atomic E-state index is -1.28. The Hall–Kier alpha value is -2.04. The molecule has 1 aliphatic heterocycles. The Morgan fingerprint density at radius 2 is 2.06 bits per heavy atom. The largest absolute Gasteiger partial charge is 0.506 e. The Morgan fingerprint density at radius 1 is 1.41 bits per heavy atom. The van der Waals surface area contributed by atoms with Gasteiger partial charge in [-0.2, -0.15) is 0 Å². The van der Waals surface area contributed by atoms with Gasteiger partial charge in [-0.25, -0.2) is 4.79 Å². The molecule has 2 rings (SSSR count). The number of ketones is 1. The normalized spacial score (nSPS) is 17.2. The summed E-state index contributed by atoms with van der Waals surface area (Å²) in [5, 5.41) is 18.6. The molecule has 2 N–H and O–H groups in total. The number of aromatic hydroxyl groups is 1. The number of carboxylic acid groups (broad SMARTS) is 1. The van der Waals surface area contributed by atoms with Crippen LogP contribution in [0.5, 0.6) is 11.5 Å². The summed E-state index contributed by atoms with van der Waals surface area (Å²) in [7, 11) is 0. The van der Waals surface area contributed by atoms with Crippen molar-refractivity contribution < 1.29 is 24.5 Å². The van der Waals surface area contributed by atoms with Crippen LogP contribution >= 0.6 is 0 Å². The lowest BCUT2D eigenvalue weighted by Gasteiger charge is -2.31. The lowest BCUT2D eigenvalue weighted by molar-refractivity contribution is 0.0613. The van der Waals surface area contributed by atoms with E-state index < -0.39 is 17.3 Å². The van der Waals surface area contributed by atoms with Gasteiger partial charge in [0.2, 0.25) is 0 Å². The molecular formula is C12H12O5. The number of aromatic carboxylic acids is 1. The van der Waals surface area contributed by atoms with Crippen LogP contribution in [0.1, 0.15) is 41.0 Å². The van der Waals surface area contributed by atoms with Gasteiger partial charge in [0.25, 0.3) is 0 Å².